The van der Waals surface area contributed by atoms with Gasteiger partial charge in [-0.2, -0.15) is 0 Å². The molecule has 2 rings (SSSR count). The third-order valence-electron chi connectivity index (χ3n) is 1.44. The van der Waals surface area contributed by atoms with Crippen molar-refractivity contribution in [2.75, 3.05) is 0 Å². The van der Waals surface area contributed by atoms with Gasteiger partial charge in [0.15, 0.2) is 11.5 Å². The number of hydrogen-bond donors (Lipinski definition) is 2. The van der Waals surface area contributed by atoms with Crippen molar-refractivity contribution in [1.82, 2.24) is 0 Å². The molecule has 0 radical (unpaired) electrons. The highest BCUT2D eigenvalue weighted by Crippen LogP contribution is 2.30. The van der Waals surface area contributed by atoms with E-state index >= 15 is 0 Å². The molecule has 0 bridgehead atoms. The second kappa shape index (κ2) is 2.04. The predicted molar refractivity (Wildman–Crippen MR) is 38.1 cm³/mol. The van der Waals surface area contributed by atoms with Gasteiger partial charge in [-0.05, 0) is 12.1 Å². The zero-order valence-corrected chi connectivity index (χ0v) is 5.77. The van der Waals surface area contributed by atoms with E-state index in [1.807, 2.05) is 0 Å². The number of rotatable bonds is 0. The van der Waals surface area contributed by atoms with Crippen LogP contribution in [0.15, 0.2) is 25.8 Å². The minimum atomic E-state index is -0.957. The molecule has 0 saturated heterocycles. The summed E-state index contributed by atoms with van der Waals surface area (Å²) in [5.41, 5.74) is -0.278. The van der Waals surface area contributed by atoms with Crippen LogP contribution in [0.2, 0.25) is 0 Å². The molecule has 12 heavy (non-hydrogen) atoms. The van der Waals surface area contributed by atoms with Crippen molar-refractivity contribution in [3.63, 3.8) is 0 Å². The normalized spacial score (nSPS) is 10.7. The molecule has 5 heteroatoms. The van der Waals surface area contributed by atoms with Crippen molar-refractivity contribution in [1.29, 1.82) is 0 Å². The number of hydrogen-bond acceptors (Lipinski definition) is 5. The van der Waals surface area contributed by atoms with Gasteiger partial charge in [-0.3, -0.25) is 0 Å². The Morgan fingerprint density at radius 1 is 1.00 bits per heavy atom. The molecule has 0 aliphatic carbocycles. The van der Waals surface area contributed by atoms with Crippen LogP contribution >= 0.6 is 0 Å². The molecule has 2 aromatic rings. The molecule has 0 atom stereocenters. The maximum Gasteiger partial charge on any atom is 0.519 e. The molecular formula is C7H4O5. The first-order chi connectivity index (χ1) is 5.68. The van der Waals surface area contributed by atoms with Gasteiger partial charge in [0.1, 0.15) is 0 Å². The molecule has 0 saturated carbocycles. The lowest BCUT2D eigenvalue weighted by molar-refractivity contribution is 0.395. The van der Waals surface area contributed by atoms with Crippen LogP contribution in [0.25, 0.3) is 11.2 Å². The Hall–Kier alpha value is -1.91. The molecular weight excluding hydrogens is 164 g/mol. The Balaban J connectivity index is 3.03. The summed E-state index contributed by atoms with van der Waals surface area (Å²) >= 11 is 0. The number of phenols is 2. The van der Waals surface area contributed by atoms with Gasteiger partial charge in [0, 0.05) is 0 Å². The van der Waals surface area contributed by atoms with E-state index in [4.69, 9.17) is 10.2 Å². The fourth-order valence-electron chi connectivity index (χ4n) is 0.927. The lowest BCUT2D eigenvalue weighted by atomic mass is 10.3. The largest absolute Gasteiger partial charge is 0.519 e. The predicted octanol–water partition coefficient (Wildman–Crippen LogP) is 0.797. The van der Waals surface area contributed by atoms with E-state index in [2.05, 4.69) is 8.83 Å². The van der Waals surface area contributed by atoms with E-state index < -0.39 is 5.82 Å². The van der Waals surface area contributed by atoms with Gasteiger partial charge in [0.25, 0.3) is 0 Å². The van der Waals surface area contributed by atoms with Crippen molar-refractivity contribution in [2.24, 2.45) is 0 Å². The fraction of sp³-hybridized carbons (Fsp3) is 0. The monoisotopic (exact) mass is 168 g/mol. The molecule has 62 valence electrons. The molecule has 0 aliphatic heterocycles. The average molecular weight is 168 g/mol. The SMILES string of the molecule is O=c1oc2c(O)ccc(O)c2o1. The smallest absolute Gasteiger partial charge is 0.504 e. The molecule has 0 amide bonds. The van der Waals surface area contributed by atoms with Gasteiger partial charge < -0.3 is 19.0 Å². The molecule has 0 fully saturated rings. The summed E-state index contributed by atoms with van der Waals surface area (Å²) in [4.78, 5) is 10.5. The van der Waals surface area contributed by atoms with Crippen molar-refractivity contribution in [3.8, 4) is 11.5 Å². The summed E-state index contributed by atoms with van der Waals surface area (Å²) in [5, 5.41) is 18.2. The summed E-state index contributed by atoms with van der Waals surface area (Å²) in [6, 6.07) is 2.41. The van der Waals surface area contributed by atoms with E-state index in [0.29, 0.717) is 0 Å². The van der Waals surface area contributed by atoms with Gasteiger partial charge in [-0.1, -0.05) is 0 Å². The number of benzene rings is 1. The first kappa shape index (κ1) is 6.78. The Morgan fingerprint density at radius 2 is 1.42 bits per heavy atom. The van der Waals surface area contributed by atoms with Gasteiger partial charge in [-0.25, -0.2) is 4.79 Å². The van der Waals surface area contributed by atoms with E-state index in [1.165, 1.54) is 12.1 Å². The van der Waals surface area contributed by atoms with E-state index in [9.17, 15) is 4.79 Å². The van der Waals surface area contributed by atoms with Crippen LogP contribution in [0.5, 0.6) is 11.5 Å². The third-order valence-corrected chi connectivity index (χ3v) is 1.44. The second-order valence-corrected chi connectivity index (χ2v) is 2.22. The highest BCUT2D eigenvalue weighted by molar-refractivity contribution is 5.82. The lowest BCUT2D eigenvalue weighted by Gasteiger charge is -1.91. The Labute approximate surface area is 65.5 Å². The molecule has 1 aromatic heterocycles. The summed E-state index contributed by atoms with van der Waals surface area (Å²) in [5.74, 6) is -1.44. The maximum atomic E-state index is 10.5. The van der Waals surface area contributed by atoms with Gasteiger partial charge in [-0.15, -0.1) is 0 Å². The second-order valence-electron chi connectivity index (χ2n) is 2.22. The zero-order valence-electron chi connectivity index (χ0n) is 5.77. The molecule has 5 nitrogen and oxygen atoms in total. The minimum absolute atomic E-state index is 0.139. The van der Waals surface area contributed by atoms with Crippen LogP contribution in [0.4, 0.5) is 0 Å². The minimum Gasteiger partial charge on any atom is -0.504 e. The summed E-state index contributed by atoms with van der Waals surface area (Å²) in [6.45, 7) is 0. The van der Waals surface area contributed by atoms with Gasteiger partial charge in [0.2, 0.25) is 11.2 Å². The Morgan fingerprint density at radius 3 is 1.83 bits per heavy atom. The molecule has 0 spiro atoms. The third kappa shape index (κ3) is 0.763. The lowest BCUT2D eigenvalue weighted by Crippen LogP contribution is -1.84. The molecule has 0 unspecified atom stereocenters. The highest BCUT2D eigenvalue weighted by Gasteiger charge is 2.12. The summed E-state index contributed by atoms with van der Waals surface area (Å²) in [6.07, 6.45) is 0. The van der Waals surface area contributed by atoms with Crippen LogP contribution in [-0.2, 0) is 0 Å². The van der Waals surface area contributed by atoms with Crippen LogP contribution < -0.4 is 5.82 Å². The molecule has 0 aliphatic rings. The van der Waals surface area contributed by atoms with Crippen LogP contribution in [-0.4, -0.2) is 10.2 Å². The van der Waals surface area contributed by atoms with E-state index in [-0.39, 0.29) is 22.7 Å². The van der Waals surface area contributed by atoms with Crippen molar-refractivity contribution >= 4 is 11.2 Å². The van der Waals surface area contributed by atoms with Gasteiger partial charge in [0.05, 0.1) is 0 Å². The number of phenolic OH excluding ortho intramolecular Hbond substituents is 2. The van der Waals surface area contributed by atoms with Crippen LogP contribution in [0, 0.1) is 0 Å². The maximum absolute atomic E-state index is 10.5. The zero-order chi connectivity index (χ0) is 8.72. The number of fused-ring (bicyclic) bond motifs is 1. The fourth-order valence-corrected chi connectivity index (χ4v) is 0.927. The quantitative estimate of drug-likeness (QED) is 0.568. The first-order valence-electron chi connectivity index (χ1n) is 3.13. The summed E-state index contributed by atoms with van der Waals surface area (Å²) in [7, 11) is 0. The first-order valence-corrected chi connectivity index (χ1v) is 3.13. The Kier molecular flexibility index (Phi) is 1.15. The standard InChI is InChI=1S/C7H4O5/c8-3-1-2-4(9)6-5(3)11-7(10)12-6/h1-2,8-9H. The van der Waals surface area contributed by atoms with Gasteiger partial charge >= 0.3 is 5.82 Å². The van der Waals surface area contributed by atoms with E-state index in [0.717, 1.165) is 0 Å². The molecule has 1 aromatic carbocycles. The van der Waals surface area contributed by atoms with Crippen molar-refractivity contribution in [3.05, 3.63) is 22.7 Å². The van der Waals surface area contributed by atoms with E-state index in [1.54, 1.807) is 0 Å². The highest BCUT2D eigenvalue weighted by atomic mass is 16.6. The molecule has 1 heterocycles. The van der Waals surface area contributed by atoms with Crippen molar-refractivity contribution in [2.45, 2.75) is 0 Å². The average Bonchev–Trinajstić information content (AvgIpc) is 2.41. The van der Waals surface area contributed by atoms with Crippen LogP contribution in [0.1, 0.15) is 0 Å². The summed E-state index contributed by atoms with van der Waals surface area (Å²) < 4.78 is 8.89. The topological polar surface area (TPSA) is 83.8 Å². The molecule has 2 N–H and O–H groups in total. The number of aromatic hydroxyl groups is 2. The Bertz CT molecular complexity index is 436. The van der Waals surface area contributed by atoms with Crippen molar-refractivity contribution < 1.29 is 19.0 Å². The van der Waals surface area contributed by atoms with Crippen LogP contribution in [0.3, 0.4) is 0 Å².